The van der Waals surface area contributed by atoms with Crippen LogP contribution in [0.5, 0.6) is 0 Å². The summed E-state index contributed by atoms with van der Waals surface area (Å²) in [5, 5.41) is 2.10. The number of benzene rings is 2. The summed E-state index contributed by atoms with van der Waals surface area (Å²) >= 11 is 5.95. The molecule has 0 atom stereocenters. The van der Waals surface area contributed by atoms with Gasteiger partial charge in [0.2, 0.25) is 0 Å². The Kier molecular flexibility index (Phi) is 5.82. The first kappa shape index (κ1) is 20.1. The predicted octanol–water partition coefficient (Wildman–Crippen LogP) is 3.74. The first-order valence-electron chi connectivity index (χ1n) is 7.22. The fourth-order valence-corrected chi connectivity index (χ4v) is 3.17. The number of hydrogen-bond donors (Lipinski definition) is 2. The number of aryl methyl sites for hydroxylation is 1. The van der Waals surface area contributed by atoms with Gasteiger partial charge in [-0.1, -0.05) is 17.7 Å². The number of alkyl halides is 3. The summed E-state index contributed by atoms with van der Waals surface area (Å²) in [6.45, 7) is 0.296. The number of rotatable bonds is 5. The molecule has 1 amide bonds. The zero-order valence-electron chi connectivity index (χ0n) is 13.4. The predicted molar refractivity (Wildman–Crippen MR) is 91.8 cm³/mol. The van der Waals surface area contributed by atoms with Crippen LogP contribution in [0.3, 0.4) is 0 Å². The van der Waals surface area contributed by atoms with Crippen LogP contribution in [0.1, 0.15) is 15.9 Å². The van der Waals surface area contributed by atoms with Crippen molar-refractivity contribution in [3.63, 3.8) is 0 Å². The van der Waals surface area contributed by atoms with Gasteiger partial charge < -0.3 is 5.32 Å². The molecule has 10 heteroatoms. The number of anilines is 1. The largest absolute Gasteiger partial charge is 0.405 e. The van der Waals surface area contributed by atoms with E-state index in [0.29, 0.717) is 5.02 Å². The maximum atomic E-state index is 12.3. The molecule has 0 saturated heterocycles. The van der Waals surface area contributed by atoms with Crippen LogP contribution in [-0.4, -0.2) is 27.0 Å². The molecule has 2 rings (SSSR count). The van der Waals surface area contributed by atoms with E-state index in [1.807, 2.05) is 0 Å². The van der Waals surface area contributed by atoms with E-state index in [4.69, 9.17) is 11.6 Å². The number of amides is 1. The highest BCUT2D eigenvalue weighted by molar-refractivity contribution is 7.92. The van der Waals surface area contributed by atoms with Gasteiger partial charge in [0, 0.05) is 10.6 Å². The second kappa shape index (κ2) is 7.55. The third-order valence-corrected chi connectivity index (χ3v) is 5.10. The number of hydrogen-bond acceptors (Lipinski definition) is 3. The molecule has 0 unspecified atom stereocenters. The average Bonchev–Trinajstić information content (AvgIpc) is 2.55. The van der Waals surface area contributed by atoms with Crippen molar-refractivity contribution in [2.24, 2.45) is 0 Å². The summed E-state index contributed by atoms with van der Waals surface area (Å²) in [7, 11) is -3.94. The third-order valence-electron chi connectivity index (χ3n) is 3.30. The molecule has 140 valence electrons. The number of halogens is 4. The molecule has 0 heterocycles. The molecule has 0 spiro atoms. The molecular formula is C16H14ClF3N2O3S. The van der Waals surface area contributed by atoms with Gasteiger partial charge in [0.25, 0.3) is 15.9 Å². The van der Waals surface area contributed by atoms with E-state index in [-0.39, 0.29) is 16.1 Å². The number of nitrogens with one attached hydrogen (secondary N) is 2. The van der Waals surface area contributed by atoms with Crippen molar-refractivity contribution in [3.05, 3.63) is 58.6 Å². The van der Waals surface area contributed by atoms with Gasteiger partial charge in [0.05, 0.1) is 10.6 Å². The Balaban J connectivity index is 2.13. The first-order valence-corrected chi connectivity index (χ1v) is 9.08. The highest BCUT2D eigenvalue weighted by Gasteiger charge is 2.28. The lowest BCUT2D eigenvalue weighted by molar-refractivity contribution is -0.123. The summed E-state index contributed by atoms with van der Waals surface area (Å²) in [6.07, 6.45) is -4.53. The SMILES string of the molecule is Cc1ccc(NS(=O)(=O)c2ccc(C(=O)NCC(F)(F)F)cc2)cc1Cl. The van der Waals surface area contributed by atoms with Crippen LogP contribution >= 0.6 is 11.6 Å². The Bertz CT molecular complexity index is 913. The molecule has 2 aromatic carbocycles. The summed E-state index contributed by atoms with van der Waals surface area (Å²) < 4.78 is 63.3. The minimum atomic E-state index is -4.53. The van der Waals surface area contributed by atoms with Crippen LogP contribution in [0.4, 0.5) is 18.9 Å². The molecule has 5 nitrogen and oxygen atoms in total. The van der Waals surface area contributed by atoms with Gasteiger partial charge in [-0.3, -0.25) is 9.52 Å². The summed E-state index contributed by atoms with van der Waals surface area (Å²) in [5.74, 6) is -0.954. The van der Waals surface area contributed by atoms with Gasteiger partial charge >= 0.3 is 6.18 Å². The standard InChI is InChI=1S/C16H14ClF3N2O3S/c1-10-2-5-12(8-14(10)17)22-26(24,25)13-6-3-11(4-7-13)15(23)21-9-16(18,19)20/h2-8,22H,9H2,1H3,(H,21,23). The van der Waals surface area contributed by atoms with Gasteiger partial charge in [0.15, 0.2) is 0 Å². The molecule has 0 aliphatic carbocycles. The van der Waals surface area contributed by atoms with E-state index in [2.05, 4.69) is 4.72 Å². The van der Waals surface area contributed by atoms with Crippen LogP contribution in [0.15, 0.2) is 47.4 Å². The van der Waals surface area contributed by atoms with Crippen molar-refractivity contribution in [1.82, 2.24) is 5.32 Å². The Morgan fingerprint density at radius 3 is 2.27 bits per heavy atom. The Morgan fingerprint density at radius 1 is 1.12 bits per heavy atom. The van der Waals surface area contributed by atoms with E-state index in [1.165, 1.54) is 12.1 Å². The quantitative estimate of drug-likeness (QED) is 0.794. The lowest BCUT2D eigenvalue weighted by atomic mass is 10.2. The zero-order chi connectivity index (χ0) is 19.5. The van der Waals surface area contributed by atoms with Gasteiger partial charge in [-0.05, 0) is 48.9 Å². The number of carbonyl (C=O) groups is 1. The second-order valence-corrected chi connectivity index (χ2v) is 7.48. The Hall–Kier alpha value is -2.26. The van der Waals surface area contributed by atoms with Gasteiger partial charge in [0.1, 0.15) is 6.54 Å². The van der Waals surface area contributed by atoms with Gasteiger partial charge in [-0.25, -0.2) is 8.42 Å². The monoisotopic (exact) mass is 406 g/mol. The van der Waals surface area contributed by atoms with Crippen LogP contribution in [0.2, 0.25) is 5.02 Å². The van der Waals surface area contributed by atoms with E-state index < -0.39 is 28.7 Å². The molecule has 0 fully saturated rings. The molecule has 0 aliphatic heterocycles. The highest BCUT2D eigenvalue weighted by Crippen LogP contribution is 2.23. The van der Waals surface area contributed by atoms with E-state index in [9.17, 15) is 26.4 Å². The van der Waals surface area contributed by atoms with E-state index in [0.717, 1.165) is 29.8 Å². The smallest absolute Gasteiger partial charge is 0.343 e. The van der Waals surface area contributed by atoms with E-state index in [1.54, 1.807) is 18.3 Å². The number of sulfonamides is 1. The Labute approximate surface area is 153 Å². The minimum Gasteiger partial charge on any atom is -0.343 e. The molecule has 0 saturated carbocycles. The van der Waals surface area contributed by atoms with Crippen LogP contribution in [0, 0.1) is 6.92 Å². The highest BCUT2D eigenvalue weighted by atomic mass is 35.5. The molecule has 0 radical (unpaired) electrons. The molecule has 26 heavy (non-hydrogen) atoms. The van der Waals surface area contributed by atoms with E-state index >= 15 is 0 Å². The average molecular weight is 407 g/mol. The fraction of sp³-hybridized carbons (Fsp3) is 0.188. The number of carbonyl (C=O) groups excluding carboxylic acids is 1. The molecule has 2 aromatic rings. The molecule has 0 bridgehead atoms. The first-order chi connectivity index (χ1) is 12.0. The fourth-order valence-electron chi connectivity index (χ4n) is 1.94. The normalized spacial score (nSPS) is 11.9. The van der Waals surface area contributed by atoms with Gasteiger partial charge in [-0.2, -0.15) is 13.2 Å². The Morgan fingerprint density at radius 2 is 1.73 bits per heavy atom. The van der Waals surface area contributed by atoms with Crippen molar-refractivity contribution in [2.45, 2.75) is 18.0 Å². The van der Waals surface area contributed by atoms with Gasteiger partial charge in [-0.15, -0.1) is 0 Å². The van der Waals surface area contributed by atoms with Crippen LogP contribution < -0.4 is 10.0 Å². The van der Waals surface area contributed by atoms with Crippen molar-refractivity contribution >= 4 is 33.2 Å². The van der Waals surface area contributed by atoms with Crippen molar-refractivity contribution in [2.75, 3.05) is 11.3 Å². The van der Waals surface area contributed by atoms with Crippen molar-refractivity contribution < 1.29 is 26.4 Å². The minimum absolute atomic E-state index is 0.0911. The topological polar surface area (TPSA) is 75.3 Å². The maximum Gasteiger partial charge on any atom is 0.405 e. The maximum absolute atomic E-state index is 12.3. The van der Waals surface area contributed by atoms with Crippen LogP contribution in [0.25, 0.3) is 0 Å². The van der Waals surface area contributed by atoms with Crippen molar-refractivity contribution in [1.29, 1.82) is 0 Å². The zero-order valence-corrected chi connectivity index (χ0v) is 15.0. The summed E-state index contributed by atoms with van der Waals surface area (Å²) in [5.41, 5.74) is 0.947. The lowest BCUT2D eigenvalue weighted by Gasteiger charge is -2.11. The van der Waals surface area contributed by atoms with Crippen LogP contribution in [-0.2, 0) is 10.0 Å². The summed E-state index contributed by atoms with van der Waals surface area (Å²) in [6, 6.07) is 9.14. The lowest BCUT2D eigenvalue weighted by Crippen LogP contribution is -2.33. The molecule has 2 N–H and O–H groups in total. The van der Waals surface area contributed by atoms with Crippen molar-refractivity contribution in [3.8, 4) is 0 Å². The summed E-state index contributed by atoms with van der Waals surface area (Å²) in [4.78, 5) is 11.5. The molecular weight excluding hydrogens is 393 g/mol. The third kappa shape index (κ3) is 5.37. The molecule has 0 aliphatic rings. The second-order valence-electron chi connectivity index (χ2n) is 5.39. The molecule has 0 aromatic heterocycles.